The number of hydrogen-bond donors (Lipinski definition) is 0. The number of ether oxygens (including phenoxy) is 1. The Labute approximate surface area is 92.5 Å². The minimum absolute atomic E-state index is 0.663. The molecule has 1 aliphatic carbocycles. The highest BCUT2D eigenvalue weighted by atomic mass is 16.5. The van der Waals surface area contributed by atoms with E-state index in [0.717, 1.165) is 5.75 Å². The van der Waals surface area contributed by atoms with Crippen molar-refractivity contribution in [2.45, 2.75) is 31.6 Å². The number of benzene rings is 1. The van der Waals surface area contributed by atoms with Crippen molar-refractivity contribution >= 4 is 0 Å². The van der Waals surface area contributed by atoms with E-state index in [1.54, 1.807) is 7.11 Å². The molecule has 0 N–H and O–H groups in total. The van der Waals surface area contributed by atoms with Gasteiger partial charge in [-0.15, -0.1) is 0 Å². The molecule has 1 nitrogen and oxygen atoms in total. The number of methoxy groups -OCH3 is 1. The fraction of sp³-hybridized carbons (Fsp3) is 0.500. The van der Waals surface area contributed by atoms with Crippen LogP contribution in [0.4, 0.5) is 0 Å². The Morgan fingerprint density at radius 3 is 2.47 bits per heavy atom. The highest BCUT2D eigenvalue weighted by molar-refractivity contribution is 5.36. The number of hydrogen-bond acceptors (Lipinski definition) is 1. The molecule has 0 heterocycles. The van der Waals surface area contributed by atoms with Crippen molar-refractivity contribution in [1.29, 1.82) is 0 Å². The summed E-state index contributed by atoms with van der Waals surface area (Å²) in [5.74, 6) is 2.39. The summed E-state index contributed by atoms with van der Waals surface area (Å²) < 4.78 is 5.41. The van der Waals surface area contributed by atoms with Crippen LogP contribution in [0.15, 0.2) is 24.3 Å². The third kappa shape index (κ3) is 2.34. The molecule has 1 aromatic carbocycles. The fourth-order valence-electron chi connectivity index (χ4n) is 2.48. The summed E-state index contributed by atoms with van der Waals surface area (Å²) in [5.41, 5.74) is 1.38. The molecule has 0 bridgehead atoms. The van der Waals surface area contributed by atoms with Gasteiger partial charge in [0.25, 0.3) is 0 Å². The summed E-state index contributed by atoms with van der Waals surface area (Å²) >= 11 is 0. The van der Waals surface area contributed by atoms with Crippen LogP contribution in [0.5, 0.6) is 5.75 Å². The lowest BCUT2D eigenvalue weighted by atomic mass is 9.79. The highest BCUT2D eigenvalue weighted by Crippen LogP contribution is 2.38. The van der Waals surface area contributed by atoms with E-state index in [9.17, 15) is 0 Å². The zero-order chi connectivity index (χ0) is 10.7. The molecule has 0 amide bonds. The van der Waals surface area contributed by atoms with Crippen LogP contribution >= 0.6 is 0 Å². The average molecular weight is 203 g/mol. The van der Waals surface area contributed by atoms with Gasteiger partial charge in [0.1, 0.15) is 5.75 Å². The molecule has 2 rings (SSSR count). The summed E-state index contributed by atoms with van der Waals surface area (Å²) in [5, 5.41) is 0. The molecule has 1 aromatic rings. The first kappa shape index (κ1) is 10.5. The second kappa shape index (κ2) is 4.69. The first-order valence-corrected chi connectivity index (χ1v) is 5.77. The minimum atomic E-state index is 0.663. The van der Waals surface area contributed by atoms with Crippen LogP contribution in [0.25, 0.3) is 0 Å². The molecule has 0 aliphatic heterocycles. The van der Waals surface area contributed by atoms with Crippen molar-refractivity contribution in [2.24, 2.45) is 5.92 Å². The van der Waals surface area contributed by atoms with E-state index in [1.165, 1.54) is 31.2 Å². The van der Waals surface area contributed by atoms with Gasteiger partial charge < -0.3 is 4.74 Å². The molecule has 0 atom stereocenters. The van der Waals surface area contributed by atoms with E-state index in [4.69, 9.17) is 4.74 Å². The van der Waals surface area contributed by atoms with E-state index < -0.39 is 0 Å². The quantitative estimate of drug-likeness (QED) is 0.710. The summed E-state index contributed by atoms with van der Waals surface area (Å²) in [6.45, 7) is 4.14. The molecule has 0 saturated heterocycles. The Kier molecular flexibility index (Phi) is 3.30. The standard InChI is InChI=1S/C14H19O/c1-11-7-9-12(10-8-11)13-5-3-4-6-14(13)15-2/h3-6,11-12H,1,7-10H2,2H3. The van der Waals surface area contributed by atoms with Crippen molar-refractivity contribution < 1.29 is 4.74 Å². The third-order valence-corrected chi connectivity index (χ3v) is 3.43. The lowest BCUT2D eigenvalue weighted by Gasteiger charge is -2.27. The second-order valence-corrected chi connectivity index (χ2v) is 4.46. The third-order valence-electron chi connectivity index (χ3n) is 3.43. The topological polar surface area (TPSA) is 9.23 Å². The Bertz CT molecular complexity index is 311. The largest absolute Gasteiger partial charge is 0.496 e. The number of para-hydroxylation sites is 1. The normalized spacial score (nSPS) is 26.3. The van der Waals surface area contributed by atoms with E-state index in [0.29, 0.717) is 11.8 Å². The maximum absolute atomic E-state index is 5.41. The van der Waals surface area contributed by atoms with E-state index in [1.807, 2.05) is 6.07 Å². The van der Waals surface area contributed by atoms with Gasteiger partial charge in [0.05, 0.1) is 7.11 Å². The molecular formula is C14H19O. The molecule has 0 spiro atoms. The lowest BCUT2D eigenvalue weighted by Crippen LogP contribution is -2.11. The van der Waals surface area contributed by atoms with Gasteiger partial charge >= 0.3 is 0 Å². The monoisotopic (exact) mass is 203 g/mol. The molecule has 1 aliphatic rings. The van der Waals surface area contributed by atoms with Crippen LogP contribution in [0.1, 0.15) is 37.2 Å². The lowest BCUT2D eigenvalue weighted by molar-refractivity contribution is 0.355. The van der Waals surface area contributed by atoms with Crippen molar-refractivity contribution in [3.63, 3.8) is 0 Å². The van der Waals surface area contributed by atoms with Crippen LogP contribution in [0.3, 0.4) is 0 Å². The fourth-order valence-corrected chi connectivity index (χ4v) is 2.48. The highest BCUT2D eigenvalue weighted by Gasteiger charge is 2.21. The minimum Gasteiger partial charge on any atom is -0.496 e. The SMILES string of the molecule is [CH2]C1CCC(c2ccccc2OC)CC1. The summed E-state index contributed by atoms with van der Waals surface area (Å²) in [7, 11) is 1.76. The van der Waals surface area contributed by atoms with E-state index in [-0.39, 0.29) is 0 Å². The maximum atomic E-state index is 5.41. The molecule has 1 heteroatoms. The molecule has 81 valence electrons. The van der Waals surface area contributed by atoms with Crippen molar-refractivity contribution in [3.8, 4) is 5.75 Å². The Morgan fingerprint density at radius 1 is 1.13 bits per heavy atom. The van der Waals surface area contributed by atoms with Gasteiger partial charge in [0.2, 0.25) is 0 Å². The van der Waals surface area contributed by atoms with E-state index >= 15 is 0 Å². The van der Waals surface area contributed by atoms with Crippen molar-refractivity contribution in [1.82, 2.24) is 0 Å². The smallest absolute Gasteiger partial charge is 0.122 e. The van der Waals surface area contributed by atoms with Crippen LogP contribution in [0.2, 0.25) is 0 Å². The summed E-state index contributed by atoms with van der Waals surface area (Å²) in [6, 6.07) is 8.40. The van der Waals surface area contributed by atoms with Gasteiger partial charge in [0, 0.05) is 0 Å². The molecule has 1 saturated carbocycles. The predicted molar refractivity (Wildman–Crippen MR) is 63.1 cm³/mol. The predicted octanol–water partition coefficient (Wildman–Crippen LogP) is 3.80. The average Bonchev–Trinajstić information content (AvgIpc) is 2.30. The molecular weight excluding hydrogens is 184 g/mol. The van der Waals surface area contributed by atoms with Gasteiger partial charge in [-0.1, -0.05) is 25.1 Å². The number of rotatable bonds is 2. The molecule has 0 aromatic heterocycles. The van der Waals surface area contributed by atoms with Gasteiger partial charge in [-0.05, 0) is 49.1 Å². The molecule has 1 radical (unpaired) electrons. The molecule has 15 heavy (non-hydrogen) atoms. The first-order chi connectivity index (χ1) is 7.31. The van der Waals surface area contributed by atoms with Crippen LogP contribution in [-0.4, -0.2) is 7.11 Å². The molecule has 0 unspecified atom stereocenters. The van der Waals surface area contributed by atoms with Gasteiger partial charge in [-0.25, -0.2) is 0 Å². The molecule has 1 fully saturated rings. The summed E-state index contributed by atoms with van der Waals surface area (Å²) in [4.78, 5) is 0. The zero-order valence-electron chi connectivity index (χ0n) is 9.41. The van der Waals surface area contributed by atoms with Crippen LogP contribution in [0, 0.1) is 12.8 Å². The van der Waals surface area contributed by atoms with E-state index in [2.05, 4.69) is 25.1 Å². The first-order valence-electron chi connectivity index (χ1n) is 5.77. The van der Waals surface area contributed by atoms with Gasteiger partial charge in [-0.3, -0.25) is 0 Å². The Balaban J connectivity index is 2.15. The van der Waals surface area contributed by atoms with Gasteiger partial charge in [0.15, 0.2) is 0 Å². The van der Waals surface area contributed by atoms with Gasteiger partial charge in [-0.2, -0.15) is 0 Å². The Morgan fingerprint density at radius 2 is 1.80 bits per heavy atom. The van der Waals surface area contributed by atoms with Crippen LogP contribution < -0.4 is 4.74 Å². The van der Waals surface area contributed by atoms with Crippen molar-refractivity contribution in [3.05, 3.63) is 36.8 Å². The Hall–Kier alpha value is -0.980. The summed E-state index contributed by atoms with van der Waals surface area (Å²) in [6.07, 6.45) is 5.02. The van der Waals surface area contributed by atoms with Crippen LogP contribution in [-0.2, 0) is 0 Å². The second-order valence-electron chi connectivity index (χ2n) is 4.46. The maximum Gasteiger partial charge on any atom is 0.122 e. The van der Waals surface area contributed by atoms with Crippen molar-refractivity contribution in [2.75, 3.05) is 7.11 Å². The zero-order valence-corrected chi connectivity index (χ0v) is 9.41.